The fourth-order valence-electron chi connectivity index (χ4n) is 1.55. The van der Waals surface area contributed by atoms with Gasteiger partial charge in [0.25, 0.3) is 0 Å². The van der Waals surface area contributed by atoms with Crippen LogP contribution < -0.4 is 5.32 Å². The lowest BCUT2D eigenvalue weighted by Gasteiger charge is -2.09. The Morgan fingerprint density at radius 1 is 1.47 bits per heavy atom. The van der Waals surface area contributed by atoms with Crippen LogP contribution >= 0.6 is 15.9 Å². The molecule has 2 rings (SSSR count). The quantitative estimate of drug-likeness (QED) is 0.820. The molecule has 90 valence electrons. The van der Waals surface area contributed by atoms with Crippen molar-refractivity contribution in [1.82, 2.24) is 0 Å². The fourth-order valence-corrected chi connectivity index (χ4v) is 1.91. The topological polar surface area (TPSA) is 45.0 Å². The molecule has 1 aromatic carbocycles. The number of benzene rings is 1. The van der Waals surface area contributed by atoms with Gasteiger partial charge in [-0.1, -0.05) is 15.9 Å². The van der Waals surface area contributed by atoms with Gasteiger partial charge in [0.2, 0.25) is 0 Å². The number of nitrogens with one attached hydrogen (secondary N) is 1. The Hall–Kier alpha value is -1.05. The molecule has 0 aromatic heterocycles. The lowest BCUT2D eigenvalue weighted by atomic mass is 10.2. The summed E-state index contributed by atoms with van der Waals surface area (Å²) in [7, 11) is 0. The van der Waals surface area contributed by atoms with Gasteiger partial charge < -0.3 is 10.1 Å². The standard InChI is InChI=1S/C13H15BrN2O/c14-12-4-3-11(8-15)13(7-12)16-5-6-17-9-10-1-2-10/h3-4,7,10,16H,1-2,5-6,9H2. The molecule has 1 N–H and O–H groups in total. The Labute approximate surface area is 110 Å². The second kappa shape index (κ2) is 6.04. The SMILES string of the molecule is N#Cc1ccc(Br)cc1NCCOCC1CC1. The van der Waals surface area contributed by atoms with Crippen molar-refractivity contribution < 1.29 is 4.74 Å². The summed E-state index contributed by atoms with van der Waals surface area (Å²) in [5.74, 6) is 0.801. The van der Waals surface area contributed by atoms with E-state index in [4.69, 9.17) is 10.00 Å². The van der Waals surface area contributed by atoms with Crippen LogP contribution in [-0.2, 0) is 4.74 Å². The van der Waals surface area contributed by atoms with Crippen LogP contribution in [0.5, 0.6) is 0 Å². The van der Waals surface area contributed by atoms with Crippen LogP contribution in [0.25, 0.3) is 0 Å². The molecule has 0 atom stereocenters. The van der Waals surface area contributed by atoms with E-state index >= 15 is 0 Å². The van der Waals surface area contributed by atoms with Gasteiger partial charge in [-0.2, -0.15) is 5.26 Å². The van der Waals surface area contributed by atoms with Crippen molar-refractivity contribution in [2.24, 2.45) is 5.92 Å². The van der Waals surface area contributed by atoms with Crippen molar-refractivity contribution in [3.05, 3.63) is 28.2 Å². The summed E-state index contributed by atoms with van der Waals surface area (Å²) >= 11 is 3.39. The van der Waals surface area contributed by atoms with E-state index in [0.29, 0.717) is 12.2 Å². The van der Waals surface area contributed by atoms with Gasteiger partial charge in [0, 0.05) is 17.6 Å². The van der Waals surface area contributed by atoms with Crippen LogP contribution in [-0.4, -0.2) is 19.8 Å². The molecule has 0 amide bonds. The predicted octanol–water partition coefficient (Wildman–Crippen LogP) is 3.16. The normalized spacial score (nSPS) is 14.4. The summed E-state index contributed by atoms with van der Waals surface area (Å²) in [5.41, 5.74) is 1.52. The van der Waals surface area contributed by atoms with Crippen LogP contribution in [0, 0.1) is 17.2 Å². The van der Waals surface area contributed by atoms with E-state index in [1.807, 2.05) is 12.1 Å². The number of rotatable bonds is 6. The van der Waals surface area contributed by atoms with Crippen molar-refractivity contribution in [2.75, 3.05) is 25.1 Å². The second-order valence-corrected chi connectivity index (χ2v) is 5.16. The van der Waals surface area contributed by atoms with Crippen LogP contribution in [0.3, 0.4) is 0 Å². The van der Waals surface area contributed by atoms with Gasteiger partial charge in [-0.05, 0) is 37.0 Å². The first-order valence-electron chi connectivity index (χ1n) is 5.81. The Morgan fingerprint density at radius 3 is 3.00 bits per heavy atom. The highest BCUT2D eigenvalue weighted by atomic mass is 79.9. The van der Waals surface area contributed by atoms with Gasteiger partial charge in [0.15, 0.2) is 0 Å². The maximum absolute atomic E-state index is 8.96. The van der Waals surface area contributed by atoms with Crippen molar-refractivity contribution >= 4 is 21.6 Å². The predicted molar refractivity (Wildman–Crippen MR) is 70.9 cm³/mol. The number of hydrogen-bond acceptors (Lipinski definition) is 3. The van der Waals surface area contributed by atoms with Gasteiger partial charge in [0.1, 0.15) is 6.07 Å². The molecule has 1 saturated carbocycles. The van der Waals surface area contributed by atoms with Crippen molar-refractivity contribution in [1.29, 1.82) is 5.26 Å². The molecule has 0 bridgehead atoms. The first-order chi connectivity index (χ1) is 8.29. The van der Waals surface area contributed by atoms with Crippen molar-refractivity contribution in [3.63, 3.8) is 0 Å². The average molecular weight is 295 g/mol. The third-order valence-corrected chi connectivity index (χ3v) is 3.21. The molecule has 1 aliphatic rings. The van der Waals surface area contributed by atoms with E-state index in [2.05, 4.69) is 27.3 Å². The monoisotopic (exact) mass is 294 g/mol. The molecule has 0 radical (unpaired) electrons. The number of ether oxygens (including phenoxy) is 1. The van der Waals surface area contributed by atoms with Gasteiger partial charge in [0.05, 0.1) is 17.9 Å². The minimum absolute atomic E-state index is 0.662. The van der Waals surface area contributed by atoms with E-state index < -0.39 is 0 Å². The summed E-state index contributed by atoms with van der Waals surface area (Å²) in [6.07, 6.45) is 2.63. The summed E-state index contributed by atoms with van der Waals surface area (Å²) < 4.78 is 6.50. The molecule has 17 heavy (non-hydrogen) atoms. The minimum atomic E-state index is 0.662. The van der Waals surface area contributed by atoms with Crippen LogP contribution in [0.4, 0.5) is 5.69 Å². The molecule has 1 aliphatic carbocycles. The Balaban J connectivity index is 1.76. The number of nitrogens with zero attached hydrogens (tertiary/aromatic N) is 1. The summed E-state index contributed by atoms with van der Waals surface area (Å²) in [6, 6.07) is 7.76. The number of anilines is 1. The zero-order chi connectivity index (χ0) is 12.1. The van der Waals surface area contributed by atoms with E-state index in [0.717, 1.165) is 29.2 Å². The molecule has 0 heterocycles. The highest BCUT2D eigenvalue weighted by Crippen LogP contribution is 2.28. The van der Waals surface area contributed by atoms with Gasteiger partial charge in [-0.3, -0.25) is 0 Å². The number of hydrogen-bond donors (Lipinski definition) is 1. The van der Waals surface area contributed by atoms with Crippen LogP contribution in [0.1, 0.15) is 18.4 Å². The molecule has 4 heteroatoms. The maximum atomic E-state index is 8.96. The maximum Gasteiger partial charge on any atom is 0.101 e. The number of halogens is 1. The van der Waals surface area contributed by atoms with Crippen molar-refractivity contribution in [3.8, 4) is 6.07 Å². The molecule has 0 unspecified atom stereocenters. The summed E-state index contributed by atoms with van der Waals surface area (Å²) in [6.45, 7) is 2.30. The average Bonchev–Trinajstić information content (AvgIpc) is 3.13. The summed E-state index contributed by atoms with van der Waals surface area (Å²) in [4.78, 5) is 0. The molecule has 0 aliphatic heterocycles. The zero-order valence-electron chi connectivity index (χ0n) is 9.58. The van der Waals surface area contributed by atoms with Gasteiger partial charge in [-0.25, -0.2) is 0 Å². The number of nitriles is 1. The minimum Gasteiger partial charge on any atom is -0.382 e. The zero-order valence-corrected chi connectivity index (χ0v) is 11.2. The lowest BCUT2D eigenvalue weighted by Crippen LogP contribution is -2.11. The third kappa shape index (κ3) is 4.03. The Morgan fingerprint density at radius 2 is 2.29 bits per heavy atom. The van der Waals surface area contributed by atoms with E-state index in [1.165, 1.54) is 12.8 Å². The molecule has 1 fully saturated rings. The highest BCUT2D eigenvalue weighted by molar-refractivity contribution is 9.10. The molecule has 1 aromatic rings. The first-order valence-corrected chi connectivity index (χ1v) is 6.60. The molecular weight excluding hydrogens is 280 g/mol. The molecule has 0 saturated heterocycles. The third-order valence-electron chi connectivity index (χ3n) is 2.71. The van der Waals surface area contributed by atoms with E-state index in [9.17, 15) is 0 Å². The second-order valence-electron chi connectivity index (χ2n) is 4.25. The first kappa shape index (κ1) is 12.4. The Bertz CT molecular complexity index is 424. The Kier molecular flexibility index (Phi) is 4.41. The van der Waals surface area contributed by atoms with Gasteiger partial charge >= 0.3 is 0 Å². The lowest BCUT2D eigenvalue weighted by molar-refractivity contribution is 0.134. The van der Waals surface area contributed by atoms with E-state index in [1.54, 1.807) is 6.07 Å². The largest absolute Gasteiger partial charge is 0.382 e. The molecular formula is C13H15BrN2O. The fraction of sp³-hybridized carbons (Fsp3) is 0.462. The van der Waals surface area contributed by atoms with Crippen LogP contribution in [0.2, 0.25) is 0 Å². The molecule has 0 spiro atoms. The molecule has 3 nitrogen and oxygen atoms in total. The van der Waals surface area contributed by atoms with Crippen molar-refractivity contribution in [2.45, 2.75) is 12.8 Å². The van der Waals surface area contributed by atoms with Gasteiger partial charge in [-0.15, -0.1) is 0 Å². The smallest absolute Gasteiger partial charge is 0.101 e. The van der Waals surface area contributed by atoms with E-state index in [-0.39, 0.29) is 0 Å². The summed E-state index contributed by atoms with van der Waals surface area (Å²) in [5, 5.41) is 12.2. The van der Waals surface area contributed by atoms with Crippen LogP contribution in [0.15, 0.2) is 22.7 Å². The highest BCUT2D eigenvalue weighted by Gasteiger charge is 2.20.